The third kappa shape index (κ3) is 7.16. The molecule has 134 valence electrons. The first-order valence-electron chi connectivity index (χ1n) is 8.98. The first-order chi connectivity index (χ1) is 11.6. The Bertz CT molecular complexity index is 522. The lowest BCUT2D eigenvalue weighted by molar-refractivity contribution is -0.142. The standard InChI is InChI=1S/C20H30O4/c1-4-6-7-8-9-10-11-19(21)18-13-12-17(23-3)14-16(18)15-20(22)24-5-2/h12-14H,4-11,15H2,1-3H3. The molecule has 1 aromatic carbocycles. The zero-order valence-electron chi connectivity index (χ0n) is 15.2. The summed E-state index contributed by atoms with van der Waals surface area (Å²) in [6, 6.07) is 5.28. The molecular formula is C20H30O4. The van der Waals surface area contributed by atoms with E-state index < -0.39 is 0 Å². The highest BCUT2D eigenvalue weighted by molar-refractivity contribution is 5.98. The van der Waals surface area contributed by atoms with Gasteiger partial charge in [0.2, 0.25) is 0 Å². The minimum Gasteiger partial charge on any atom is -0.497 e. The maximum Gasteiger partial charge on any atom is 0.310 e. The summed E-state index contributed by atoms with van der Waals surface area (Å²) in [5.74, 6) is 0.414. The van der Waals surface area contributed by atoms with E-state index in [1.54, 1.807) is 32.2 Å². The van der Waals surface area contributed by atoms with E-state index in [2.05, 4.69) is 6.92 Å². The molecule has 0 unspecified atom stereocenters. The number of Topliss-reactive ketones (excluding diaryl/α,β-unsaturated/α-hetero) is 1. The Labute approximate surface area is 145 Å². The number of ether oxygens (including phenoxy) is 2. The minimum atomic E-state index is -0.320. The Morgan fingerprint density at radius 3 is 2.38 bits per heavy atom. The van der Waals surface area contributed by atoms with Crippen LogP contribution in [0.4, 0.5) is 0 Å². The molecule has 0 bridgehead atoms. The van der Waals surface area contributed by atoms with Crippen LogP contribution in [0.1, 0.15) is 74.7 Å². The third-order valence-corrected chi connectivity index (χ3v) is 4.01. The van der Waals surface area contributed by atoms with Crippen molar-refractivity contribution in [1.82, 2.24) is 0 Å². The minimum absolute atomic E-state index is 0.0902. The molecule has 0 atom stereocenters. The van der Waals surface area contributed by atoms with E-state index in [1.807, 2.05) is 0 Å². The number of carbonyl (C=O) groups is 2. The fourth-order valence-electron chi connectivity index (χ4n) is 2.68. The van der Waals surface area contributed by atoms with Crippen molar-refractivity contribution in [2.75, 3.05) is 13.7 Å². The smallest absolute Gasteiger partial charge is 0.310 e. The second-order valence-electron chi connectivity index (χ2n) is 5.95. The molecule has 0 aromatic heterocycles. The maximum atomic E-state index is 12.5. The van der Waals surface area contributed by atoms with Crippen molar-refractivity contribution < 1.29 is 19.1 Å². The van der Waals surface area contributed by atoms with Crippen LogP contribution in [0.2, 0.25) is 0 Å². The van der Waals surface area contributed by atoms with Crippen LogP contribution in [0.3, 0.4) is 0 Å². The number of unbranched alkanes of at least 4 members (excludes halogenated alkanes) is 5. The SMILES string of the molecule is CCCCCCCCC(=O)c1ccc(OC)cc1CC(=O)OCC. The van der Waals surface area contributed by atoms with Crippen LogP contribution in [-0.2, 0) is 16.0 Å². The summed E-state index contributed by atoms with van der Waals surface area (Å²) in [6.45, 7) is 4.30. The van der Waals surface area contributed by atoms with Crippen molar-refractivity contribution in [3.63, 3.8) is 0 Å². The Morgan fingerprint density at radius 1 is 1.00 bits per heavy atom. The van der Waals surface area contributed by atoms with Gasteiger partial charge in [-0.3, -0.25) is 9.59 Å². The van der Waals surface area contributed by atoms with E-state index in [4.69, 9.17) is 9.47 Å². The van der Waals surface area contributed by atoms with Crippen molar-refractivity contribution in [3.8, 4) is 5.75 Å². The maximum absolute atomic E-state index is 12.5. The van der Waals surface area contributed by atoms with Crippen LogP contribution in [0.25, 0.3) is 0 Å². The van der Waals surface area contributed by atoms with E-state index in [0.29, 0.717) is 29.9 Å². The first-order valence-corrected chi connectivity index (χ1v) is 8.98. The van der Waals surface area contributed by atoms with Crippen molar-refractivity contribution in [3.05, 3.63) is 29.3 Å². The molecule has 1 rings (SSSR count). The number of hydrogen-bond donors (Lipinski definition) is 0. The average Bonchev–Trinajstić information content (AvgIpc) is 2.57. The topological polar surface area (TPSA) is 52.6 Å². The molecule has 0 fully saturated rings. The van der Waals surface area contributed by atoms with Gasteiger partial charge in [0.05, 0.1) is 20.1 Å². The lowest BCUT2D eigenvalue weighted by Gasteiger charge is -2.11. The van der Waals surface area contributed by atoms with Gasteiger partial charge in [0.25, 0.3) is 0 Å². The predicted octanol–water partition coefficient (Wildman–Crippen LogP) is 4.73. The molecule has 0 N–H and O–H groups in total. The summed E-state index contributed by atoms with van der Waals surface area (Å²) < 4.78 is 10.2. The number of hydrogen-bond acceptors (Lipinski definition) is 4. The molecule has 1 aromatic rings. The van der Waals surface area contributed by atoms with Gasteiger partial charge in [-0.2, -0.15) is 0 Å². The van der Waals surface area contributed by atoms with Crippen molar-refractivity contribution >= 4 is 11.8 Å². The second-order valence-corrected chi connectivity index (χ2v) is 5.95. The van der Waals surface area contributed by atoms with E-state index in [-0.39, 0.29) is 18.2 Å². The van der Waals surface area contributed by atoms with Crippen molar-refractivity contribution in [1.29, 1.82) is 0 Å². The van der Waals surface area contributed by atoms with Gasteiger partial charge < -0.3 is 9.47 Å². The molecule has 24 heavy (non-hydrogen) atoms. The molecule has 0 radical (unpaired) electrons. The van der Waals surface area contributed by atoms with Gasteiger partial charge in [-0.25, -0.2) is 0 Å². The van der Waals surface area contributed by atoms with Gasteiger partial charge in [0.1, 0.15) is 5.75 Å². The van der Waals surface area contributed by atoms with Crippen molar-refractivity contribution in [2.24, 2.45) is 0 Å². The van der Waals surface area contributed by atoms with E-state index in [0.717, 1.165) is 12.8 Å². The summed E-state index contributed by atoms with van der Waals surface area (Å²) >= 11 is 0. The van der Waals surface area contributed by atoms with Crippen LogP contribution in [0.15, 0.2) is 18.2 Å². The summed E-state index contributed by atoms with van der Waals surface area (Å²) in [7, 11) is 1.57. The Hall–Kier alpha value is -1.84. The van der Waals surface area contributed by atoms with E-state index in [9.17, 15) is 9.59 Å². The highest BCUT2D eigenvalue weighted by Gasteiger charge is 2.15. The molecule has 0 saturated heterocycles. The fourth-order valence-corrected chi connectivity index (χ4v) is 2.68. The summed E-state index contributed by atoms with van der Waals surface area (Å²) in [6.07, 6.45) is 7.50. The van der Waals surface area contributed by atoms with Gasteiger partial charge in [-0.15, -0.1) is 0 Å². The molecule has 0 aliphatic carbocycles. The summed E-state index contributed by atoms with van der Waals surface area (Å²) in [5, 5.41) is 0. The Morgan fingerprint density at radius 2 is 1.71 bits per heavy atom. The molecule has 0 aliphatic rings. The molecule has 0 spiro atoms. The quantitative estimate of drug-likeness (QED) is 0.315. The van der Waals surface area contributed by atoms with E-state index >= 15 is 0 Å². The number of carbonyl (C=O) groups excluding carboxylic acids is 2. The van der Waals surface area contributed by atoms with Gasteiger partial charge in [-0.05, 0) is 37.1 Å². The number of rotatable bonds is 12. The summed E-state index contributed by atoms with van der Waals surface area (Å²) in [4.78, 5) is 24.3. The van der Waals surface area contributed by atoms with Gasteiger partial charge >= 0.3 is 5.97 Å². The number of methoxy groups -OCH3 is 1. The molecule has 0 amide bonds. The molecule has 0 saturated carbocycles. The van der Waals surface area contributed by atoms with Gasteiger partial charge in [0.15, 0.2) is 5.78 Å². The van der Waals surface area contributed by atoms with Crippen LogP contribution in [0.5, 0.6) is 5.75 Å². The molecule has 0 heterocycles. The number of benzene rings is 1. The largest absolute Gasteiger partial charge is 0.497 e. The Balaban J connectivity index is 2.66. The van der Waals surface area contributed by atoms with Crippen LogP contribution in [-0.4, -0.2) is 25.5 Å². The zero-order chi connectivity index (χ0) is 17.8. The predicted molar refractivity (Wildman–Crippen MR) is 95.7 cm³/mol. The first kappa shape index (κ1) is 20.2. The summed E-state index contributed by atoms with van der Waals surface area (Å²) in [5.41, 5.74) is 1.29. The monoisotopic (exact) mass is 334 g/mol. The van der Waals surface area contributed by atoms with Crippen LogP contribution >= 0.6 is 0 Å². The molecule has 0 aliphatic heterocycles. The zero-order valence-corrected chi connectivity index (χ0v) is 15.2. The van der Waals surface area contributed by atoms with Crippen LogP contribution in [0, 0.1) is 0 Å². The Kier molecular flexibility index (Phi) is 9.81. The van der Waals surface area contributed by atoms with E-state index in [1.165, 1.54) is 25.7 Å². The third-order valence-electron chi connectivity index (χ3n) is 4.01. The highest BCUT2D eigenvalue weighted by atomic mass is 16.5. The molecule has 4 nitrogen and oxygen atoms in total. The lowest BCUT2D eigenvalue weighted by atomic mass is 9.97. The number of ketones is 1. The average molecular weight is 334 g/mol. The lowest BCUT2D eigenvalue weighted by Crippen LogP contribution is -2.12. The molecule has 4 heteroatoms. The van der Waals surface area contributed by atoms with Gasteiger partial charge in [-0.1, -0.05) is 39.0 Å². The highest BCUT2D eigenvalue weighted by Crippen LogP contribution is 2.21. The van der Waals surface area contributed by atoms with Crippen molar-refractivity contribution in [2.45, 2.75) is 65.2 Å². The molecular weight excluding hydrogens is 304 g/mol. The normalized spacial score (nSPS) is 10.5. The fraction of sp³-hybridized carbons (Fsp3) is 0.600. The second kappa shape index (κ2) is 11.7. The van der Waals surface area contributed by atoms with Crippen LogP contribution < -0.4 is 4.74 Å². The number of esters is 1. The van der Waals surface area contributed by atoms with Gasteiger partial charge in [0, 0.05) is 12.0 Å².